The van der Waals surface area contributed by atoms with E-state index >= 15 is 0 Å². The Balaban J connectivity index is 1.62. The molecule has 2 spiro atoms. The fraction of sp³-hybridized carbons (Fsp3) is 1.00. The summed E-state index contributed by atoms with van der Waals surface area (Å²) in [4.78, 5) is 0. The first-order chi connectivity index (χ1) is 7.76. The van der Waals surface area contributed by atoms with Crippen molar-refractivity contribution in [2.75, 3.05) is 12.5 Å². The lowest BCUT2D eigenvalue weighted by atomic mass is 9.71. The zero-order chi connectivity index (χ0) is 11.1. The van der Waals surface area contributed by atoms with Gasteiger partial charge in [-0.05, 0) is 31.1 Å². The number of hydrogen-bond acceptors (Lipinski definition) is 2. The summed E-state index contributed by atoms with van der Waals surface area (Å²) in [5.41, 5.74) is 0.650. The molecule has 1 heterocycles. The van der Waals surface area contributed by atoms with Crippen LogP contribution in [0, 0.1) is 5.41 Å². The van der Waals surface area contributed by atoms with Gasteiger partial charge in [-0.3, -0.25) is 0 Å². The minimum Gasteiger partial charge on any atom is -0.347 e. The molecular formula is C13H21ClO2. The van der Waals surface area contributed by atoms with Gasteiger partial charge in [-0.25, -0.2) is 0 Å². The van der Waals surface area contributed by atoms with E-state index < -0.39 is 0 Å². The van der Waals surface area contributed by atoms with Gasteiger partial charge in [0.15, 0.2) is 5.79 Å². The quantitative estimate of drug-likeness (QED) is 0.658. The molecule has 0 amide bonds. The summed E-state index contributed by atoms with van der Waals surface area (Å²) < 4.78 is 11.9. The van der Waals surface area contributed by atoms with Gasteiger partial charge >= 0.3 is 0 Å². The molecule has 2 aliphatic carbocycles. The number of alkyl halides is 1. The summed E-state index contributed by atoms with van der Waals surface area (Å²) in [6.07, 6.45) is 10.6. The zero-order valence-corrected chi connectivity index (χ0v) is 10.6. The maximum Gasteiger partial charge on any atom is 0.169 e. The van der Waals surface area contributed by atoms with Crippen molar-refractivity contribution in [1.29, 1.82) is 0 Å². The predicted octanol–water partition coefficient (Wildman–Crippen LogP) is 3.47. The SMILES string of the molecule is ClCC1COC2(CCC3(CCCC3)CC2)O1. The molecule has 3 rings (SSSR count). The lowest BCUT2D eigenvalue weighted by Gasteiger charge is -2.41. The van der Waals surface area contributed by atoms with Crippen molar-refractivity contribution in [1.82, 2.24) is 0 Å². The van der Waals surface area contributed by atoms with Gasteiger partial charge in [0.1, 0.15) is 0 Å². The van der Waals surface area contributed by atoms with E-state index in [1.54, 1.807) is 0 Å². The molecule has 0 radical (unpaired) electrons. The highest BCUT2D eigenvalue weighted by Gasteiger charge is 2.48. The molecule has 3 aliphatic rings. The van der Waals surface area contributed by atoms with Crippen molar-refractivity contribution in [3.05, 3.63) is 0 Å². The van der Waals surface area contributed by atoms with E-state index in [9.17, 15) is 0 Å². The minimum absolute atomic E-state index is 0.124. The third kappa shape index (κ3) is 1.89. The monoisotopic (exact) mass is 244 g/mol. The third-order valence-electron chi connectivity index (χ3n) is 4.82. The standard InChI is InChI=1S/C13H21ClO2/c14-9-11-10-15-13(16-11)7-5-12(6-8-13)3-1-2-4-12/h11H,1-10H2. The Morgan fingerprint density at radius 1 is 1.00 bits per heavy atom. The Bertz CT molecular complexity index is 251. The molecule has 1 atom stereocenters. The van der Waals surface area contributed by atoms with Crippen LogP contribution in [-0.2, 0) is 9.47 Å². The van der Waals surface area contributed by atoms with Gasteiger partial charge in [-0.15, -0.1) is 11.6 Å². The molecule has 0 bridgehead atoms. The van der Waals surface area contributed by atoms with E-state index in [0.717, 1.165) is 12.8 Å². The Morgan fingerprint density at radius 2 is 1.69 bits per heavy atom. The van der Waals surface area contributed by atoms with Crippen LogP contribution in [0.4, 0.5) is 0 Å². The average Bonchev–Trinajstić information content (AvgIpc) is 2.91. The summed E-state index contributed by atoms with van der Waals surface area (Å²) in [5, 5.41) is 0. The topological polar surface area (TPSA) is 18.5 Å². The Kier molecular flexibility index (Phi) is 2.93. The maximum atomic E-state index is 5.99. The van der Waals surface area contributed by atoms with Crippen LogP contribution in [-0.4, -0.2) is 24.4 Å². The van der Waals surface area contributed by atoms with Crippen LogP contribution in [0.3, 0.4) is 0 Å². The Hall–Kier alpha value is 0.210. The van der Waals surface area contributed by atoms with Crippen molar-refractivity contribution >= 4 is 11.6 Å². The Morgan fingerprint density at radius 3 is 2.25 bits per heavy atom. The van der Waals surface area contributed by atoms with E-state index in [1.807, 2.05) is 0 Å². The van der Waals surface area contributed by atoms with E-state index in [1.165, 1.54) is 38.5 Å². The molecule has 2 saturated carbocycles. The lowest BCUT2D eigenvalue weighted by molar-refractivity contribution is -0.198. The molecule has 1 unspecified atom stereocenters. The second kappa shape index (κ2) is 4.15. The first kappa shape index (κ1) is 11.3. The maximum absolute atomic E-state index is 5.99. The fourth-order valence-corrected chi connectivity index (χ4v) is 3.89. The zero-order valence-electron chi connectivity index (χ0n) is 9.84. The van der Waals surface area contributed by atoms with Crippen LogP contribution in [0.5, 0.6) is 0 Å². The molecule has 16 heavy (non-hydrogen) atoms. The molecule has 92 valence electrons. The lowest BCUT2D eigenvalue weighted by Crippen LogP contribution is -2.39. The van der Waals surface area contributed by atoms with Gasteiger partial charge < -0.3 is 9.47 Å². The third-order valence-corrected chi connectivity index (χ3v) is 5.17. The number of rotatable bonds is 1. The molecule has 0 aromatic heterocycles. The van der Waals surface area contributed by atoms with Crippen molar-refractivity contribution in [2.45, 2.75) is 63.3 Å². The first-order valence-electron chi connectivity index (χ1n) is 6.64. The summed E-state index contributed by atoms with van der Waals surface area (Å²) in [7, 11) is 0. The van der Waals surface area contributed by atoms with Crippen molar-refractivity contribution in [3.8, 4) is 0 Å². The average molecular weight is 245 g/mol. The Labute approximate surface area is 103 Å². The summed E-state index contributed by atoms with van der Waals surface area (Å²) in [6, 6.07) is 0. The fourth-order valence-electron chi connectivity index (χ4n) is 3.74. The van der Waals surface area contributed by atoms with Gasteiger partial charge in [-0.2, -0.15) is 0 Å². The van der Waals surface area contributed by atoms with Crippen LogP contribution >= 0.6 is 11.6 Å². The second-order valence-electron chi connectivity index (χ2n) is 5.82. The van der Waals surface area contributed by atoms with Gasteiger partial charge in [-0.1, -0.05) is 12.8 Å². The van der Waals surface area contributed by atoms with Crippen LogP contribution < -0.4 is 0 Å². The van der Waals surface area contributed by atoms with Crippen LogP contribution in [0.15, 0.2) is 0 Å². The normalized spacial score (nSPS) is 36.2. The van der Waals surface area contributed by atoms with E-state index in [-0.39, 0.29) is 11.9 Å². The van der Waals surface area contributed by atoms with E-state index in [4.69, 9.17) is 21.1 Å². The highest BCUT2D eigenvalue weighted by Crippen LogP contribution is 2.53. The molecule has 0 N–H and O–H groups in total. The molecule has 3 fully saturated rings. The van der Waals surface area contributed by atoms with Gasteiger partial charge in [0, 0.05) is 12.8 Å². The highest BCUT2D eigenvalue weighted by atomic mass is 35.5. The van der Waals surface area contributed by atoms with Gasteiger partial charge in [0.05, 0.1) is 18.6 Å². The summed E-state index contributed by atoms with van der Waals surface area (Å²) in [5.74, 6) is 0.306. The highest BCUT2D eigenvalue weighted by molar-refractivity contribution is 6.18. The smallest absolute Gasteiger partial charge is 0.169 e. The first-order valence-corrected chi connectivity index (χ1v) is 7.17. The van der Waals surface area contributed by atoms with Gasteiger partial charge in [0.2, 0.25) is 0 Å². The van der Waals surface area contributed by atoms with Crippen LogP contribution in [0.25, 0.3) is 0 Å². The van der Waals surface area contributed by atoms with E-state index in [0.29, 0.717) is 17.9 Å². The summed E-state index contributed by atoms with van der Waals surface area (Å²) in [6.45, 7) is 0.691. The number of hydrogen-bond donors (Lipinski definition) is 0. The second-order valence-corrected chi connectivity index (χ2v) is 6.13. The van der Waals surface area contributed by atoms with Crippen LogP contribution in [0.1, 0.15) is 51.4 Å². The van der Waals surface area contributed by atoms with Crippen molar-refractivity contribution in [3.63, 3.8) is 0 Å². The number of halogens is 1. The molecule has 1 saturated heterocycles. The molecule has 3 heteroatoms. The van der Waals surface area contributed by atoms with Crippen LogP contribution in [0.2, 0.25) is 0 Å². The predicted molar refractivity (Wildman–Crippen MR) is 63.6 cm³/mol. The molecule has 2 nitrogen and oxygen atoms in total. The van der Waals surface area contributed by atoms with Crippen molar-refractivity contribution < 1.29 is 9.47 Å². The minimum atomic E-state index is -0.257. The molecule has 1 aliphatic heterocycles. The molecular weight excluding hydrogens is 224 g/mol. The van der Waals surface area contributed by atoms with Crippen molar-refractivity contribution in [2.24, 2.45) is 5.41 Å². The van der Waals surface area contributed by atoms with E-state index in [2.05, 4.69) is 0 Å². The molecule has 0 aromatic rings. The number of ether oxygens (including phenoxy) is 2. The van der Waals surface area contributed by atoms with Gasteiger partial charge in [0.25, 0.3) is 0 Å². The molecule has 0 aromatic carbocycles. The largest absolute Gasteiger partial charge is 0.347 e. The summed E-state index contributed by atoms with van der Waals surface area (Å²) >= 11 is 5.83.